The number of nitrogens with zero attached hydrogens (tertiary/aromatic N) is 1. The maximum Gasteiger partial charge on any atom is 0.202 e. The molecule has 0 radical (unpaired) electrons. The summed E-state index contributed by atoms with van der Waals surface area (Å²) in [6, 6.07) is 0. The number of rotatable bonds is 3. The predicted octanol–water partition coefficient (Wildman–Crippen LogP) is 1.42. The molecule has 0 saturated carbocycles. The average Bonchev–Trinajstić information content (AvgIpc) is 2.41. The molecule has 0 saturated heterocycles. The van der Waals surface area contributed by atoms with Gasteiger partial charge in [-0.15, -0.1) is 0 Å². The summed E-state index contributed by atoms with van der Waals surface area (Å²) in [5, 5.41) is 0. The van der Waals surface area contributed by atoms with Gasteiger partial charge in [-0.3, -0.25) is 4.84 Å². The number of thioether (sulfide) groups is 1. The Balaban J connectivity index is 2.88. The molecule has 0 aliphatic carbocycles. The van der Waals surface area contributed by atoms with Crippen LogP contribution < -0.4 is 5.90 Å². The standard InChI is InChI=1S/C8H12N2OS/c1-4-6-7(5-2)12-8(11-9)10(6)3/h4-5,8H,1-2,9H2,3H3. The minimum absolute atomic E-state index is 0.161. The molecule has 1 aliphatic heterocycles. The summed E-state index contributed by atoms with van der Waals surface area (Å²) in [7, 11) is 1.90. The highest BCUT2D eigenvalue weighted by molar-refractivity contribution is 8.03. The summed E-state index contributed by atoms with van der Waals surface area (Å²) in [5.41, 5.74) is 0.844. The lowest BCUT2D eigenvalue weighted by Gasteiger charge is -2.19. The molecule has 1 aliphatic rings. The van der Waals surface area contributed by atoms with Gasteiger partial charge in [0.25, 0.3) is 0 Å². The van der Waals surface area contributed by atoms with E-state index in [1.54, 1.807) is 12.2 Å². The number of hydrogen-bond donors (Lipinski definition) is 1. The molecular weight excluding hydrogens is 172 g/mol. The lowest BCUT2D eigenvalue weighted by atomic mass is 10.3. The highest BCUT2D eigenvalue weighted by Crippen LogP contribution is 2.37. The van der Waals surface area contributed by atoms with Gasteiger partial charge in [0.05, 0.1) is 5.70 Å². The van der Waals surface area contributed by atoms with Crippen LogP contribution in [0.4, 0.5) is 0 Å². The molecule has 2 N–H and O–H groups in total. The molecule has 1 heterocycles. The molecule has 1 unspecified atom stereocenters. The maximum atomic E-state index is 5.10. The second-order valence-electron chi connectivity index (χ2n) is 2.33. The van der Waals surface area contributed by atoms with E-state index in [2.05, 4.69) is 13.2 Å². The molecule has 1 atom stereocenters. The lowest BCUT2D eigenvalue weighted by Crippen LogP contribution is -2.28. The summed E-state index contributed by atoms with van der Waals surface area (Å²) in [6.45, 7) is 7.40. The first kappa shape index (κ1) is 9.38. The highest BCUT2D eigenvalue weighted by atomic mass is 32.2. The second-order valence-corrected chi connectivity index (χ2v) is 3.41. The molecule has 0 aromatic heterocycles. The Morgan fingerprint density at radius 1 is 1.58 bits per heavy atom. The molecule has 0 amide bonds. The quantitative estimate of drug-likeness (QED) is 0.673. The zero-order chi connectivity index (χ0) is 9.14. The van der Waals surface area contributed by atoms with Crippen molar-refractivity contribution in [3.8, 4) is 0 Å². The van der Waals surface area contributed by atoms with Gasteiger partial charge < -0.3 is 4.90 Å². The second kappa shape index (κ2) is 3.80. The van der Waals surface area contributed by atoms with Crippen LogP contribution in [0.3, 0.4) is 0 Å². The first-order valence-corrected chi connectivity index (χ1v) is 4.36. The van der Waals surface area contributed by atoms with Crippen molar-refractivity contribution in [1.82, 2.24) is 4.90 Å². The van der Waals surface area contributed by atoms with E-state index in [1.807, 2.05) is 11.9 Å². The van der Waals surface area contributed by atoms with Gasteiger partial charge in [-0.2, -0.15) is 0 Å². The van der Waals surface area contributed by atoms with Gasteiger partial charge in [-0.25, -0.2) is 5.90 Å². The van der Waals surface area contributed by atoms with Crippen LogP contribution in [-0.2, 0) is 4.84 Å². The Labute approximate surface area is 76.5 Å². The van der Waals surface area contributed by atoms with Crippen molar-refractivity contribution in [3.63, 3.8) is 0 Å². The Morgan fingerprint density at radius 2 is 2.25 bits per heavy atom. The minimum Gasteiger partial charge on any atom is -0.338 e. The zero-order valence-electron chi connectivity index (χ0n) is 6.99. The largest absolute Gasteiger partial charge is 0.338 e. The third-order valence-corrected chi connectivity index (χ3v) is 2.93. The highest BCUT2D eigenvalue weighted by Gasteiger charge is 2.26. The normalized spacial score (nSPS) is 23.2. The van der Waals surface area contributed by atoms with Gasteiger partial charge in [0, 0.05) is 12.0 Å². The van der Waals surface area contributed by atoms with E-state index in [0.29, 0.717) is 0 Å². The summed E-state index contributed by atoms with van der Waals surface area (Å²) < 4.78 is 0. The SMILES string of the molecule is C=CC1=C(C=C)N(C)C(ON)S1. The van der Waals surface area contributed by atoms with E-state index < -0.39 is 0 Å². The Bertz CT molecular complexity index is 237. The Morgan fingerprint density at radius 3 is 2.58 bits per heavy atom. The number of hydrogen-bond acceptors (Lipinski definition) is 4. The summed E-state index contributed by atoms with van der Waals surface area (Å²) in [4.78, 5) is 7.70. The van der Waals surface area contributed by atoms with Gasteiger partial charge in [0.15, 0.2) is 0 Å². The molecule has 0 aromatic carbocycles. The third-order valence-electron chi connectivity index (χ3n) is 1.67. The van der Waals surface area contributed by atoms with Gasteiger partial charge >= 0.3 is 0 Å². The number of nitrogens with two attached hydrogens (primary N) is 1. The van der Waals surface area contributed by atoms with Crippen LogP contribution in [0.15, 0.2) is 35.9 Å². The van der Waals surface area contributed by atoms with Crippen molar-refractivity contribution in [2.24, 2.45) is 5.90 Å². The third kappa shape index (κ3) is 1.41. The fraction of sp³-hybridized carbons (Fsp3) is 0.250. The topological polar surface area (TPSA) is 38.5 Å². The first-order valence-electron chi connectivity index (χ1n) is 3.48. The van der Waals surface area contributed by atoms with E-state index in [1.165, 1.54) is 11.8 Å². The van der Waals surface area contributed by atoms with E-state index >= 15 is 0 Å². The fourth-order valence-electron chi connectivity index (χ4n) is 1.05. The molecule has 12 heavy (non-hydrogen) atoms. The molecule has 0 fully saturated rings. The first-order chi connectivity index (χ1) is 5.74. The molecule has 0 aromatic rings. The molecule has 0 spiro atoms. The van der Waals surface area contributed by atoms with Crippen LogP contribution in [0.25, 0.3) is 0 Å². The molecule has 66 valence electrons. The molecular formula is C8H12N2OS. The molecule has 0 bridgehead atoms. The van der Waals surface area contributed by atoms with Crippen molar-refractivity contribution in [1.29, 1.82) is 0 Å². The van der Waals surface area contributed by atoms with Crippen LogP contribution in [0.1, 0.15) is 0 Å². The van der Waals surface area contributed by atoms with Crippen LogP contribution in [0, 0.1) is 0 Å². The molecule has 1 rings (SSSR count). The van der Waals surface area contributed by atoms with E-state index in [-0.39, 0.29) is 5.56 Å². The predicted molar refractivity (Wildman–Crippen MR) is 51.8 cm³/mol. The summed E-state index contributed by atoms with van der Waals surface area (Å²) in [5.74, 6) is 5.10. The van der Waals surface area contributed by atoms with Gasteiger partial charge in [0.1, 0.15) is 0 Å². The van der Waals surface area contributed by atoms with E-state index in [0.717, 1.165) is 10.6 Å². The average molecular weight is 184 g/mol. The summed E-state index contributed by atoms with van der Waals surface area (Å²) >= 11 is 1.52. The zero-order valence-corrected chi connectivity index (χ0v) is 7.80. The van der Waals surface area contributed by atoms with Crippen LogP contribution in [0.5, 0.6) is 0 Å². The summed E-state index contributed by atoms with van der Waals surface area (Å²) in [6.07, 6.45) is 3.54. The van der Waals surface area contributed by atoms with Crippen molar-refractivity contribution in [3.05, 3.63) is 35.9 Å². The van der Waals surface area contributed by atoms with Crippen LogP contribution in [0.2, 0.25) is 0 Å². The van der Waals surface area contributed by atoms with E-state index in [4.69, 9.17) is 10.7 Å². The minimum atomic E-state index is -0.161. The Kier molecular flexibility index (Phi) is 2.97. The van der Waals surface area contributed by atoms with Crippen LogP contribution in [-0.4, -0.2) is 17.5 Å². The fourth-order valence-corrected chi connectivity index (χ4v) is 2.04. The van der Waals surface area contributed by atoms with Gasteiger partial charge in [-0.1, -0.05) is 31.0 Å². The monoisotopic (exact) mass is 184 g/mol. The van der Waals surface area contributed by atoms with Gasteiger partial charge in [0.2, 0.25) is 5.56 Å². The van der Waals surface area contributed by atoms with Gasteiger partial charge in [-0.05, 0) is 6.08 Å². The maximum absolute atomic E-state index is 5.10. The lowest BCUT2D eigenvalue weighted by molar-refractivity contribution is 0.0369. The van der Waals surface area contributed by atoms with E-state index in [9.17, 15) is 0 Å². The van der Waals surface area contributed by atoms with Crippen molar-refractivity contribution < 1.29 is 4.84 Å². The van der Waals surface area contributed by atoms with Crippen molar-refractivity contribution in [2.75, 3.05) is 7.05 Å². The van der Waals surface area contributed by atoms with Crippen molar-refractivity contribution in [2.45, 2.75) is 5.56 Å². The molecule has 3 nitrogen and oxygen atoms in total. The smallest absolute Gasteiger partial charge is 0.202 e. The number of likely N-dealkylation sites (N-methyl/N-ethyl adjacent to an activating group) is 1. The molecule has 4 heteroatoms. The van der Waals surface area contributed by atoms with Crippen LogP contribution >= 0.6 is 11.8 Å². The Hall–Kier alpha value is -0.710. The number of allylic oxidation sites excluding steroid dienone is 2. The van der Waals surface area contributed by atoms with Crippen molar-refractivity contribution >= 4 is 11.8 Å².